The summed E-state index contributed by atoms with van der Waals surface area (Å²) in [5.74, 6) is 0.861. The Morgan fingerprint density at radius 2 is 1.72 bits per heavy atom. The molecule has 5 rings (SSSR count). The first-order chi connectivity index (χ1) is 15.7. The largest absolute Gasteiger partial charge is 0.353 e. The standard InChI is InChI=1S/C24H25N7O/c1-29-22-21(15-27-29)23(26-17-25-22)31-13-11-30(12-14-31)16-18-7-9-19(10-8-18)24(32)28-20-5-3-2-4-6-20/h2-10,15,17H,11-14,16H2,1H3,(H,28,32). The Morgan fingerprint density at radius 3 is 2.47 bits per heavy atom. The second kappa shape index (κ2) is 8.76. The lowest BCUT2D eigenvalue weighted by atomic mass is 10.1. The van der Waals surface area contributed by atoms with Crippen molar-refractivity contribution in [3.05, 3.63) is 78.2 Å². The van der Waals surface area contributed by atoms with Crippen LogP contribution in [-0.2, 0) is 13.6 Å². The number of aryl methyl sites for hydroxylation is 1. The van der Waals surface area contributed by atoms with Gasteiger partial charge in [-0.3, -0.25) is 14.4 Å². The van der Waals surface area contributed by atoms with Crippen molar-refractivity contribution >= 4 is 28.4 Å². The van der Waals surface area contributed by atoms with E-state index in [1.165, 1.54) is 5.56 Å². The quantitative estimate of drug-likeness (QED) is 0.528. The van der Waals surface area contributed by atoms with Gasteiger partial charge in [0.05, 0.1) is 11.6 Å². The van der Waals surface area contributed by atoms with Crippen LogP contribution in [0, 0.1) is 0 Å². The highest BCUT2D eigenvalue weighted by atomic mass is 16.1. The lowest BCUT2D eigenvalue weighted by Crippen LogP contribution is -2.46. The molecular formula is C24H25N7O. The number of rotatable bonds is 5. The molecule has 3 heterocycles. The van der Waals surface area contributed by atoms with Gasteiger partial charge in [-0.1, -0.05) is 30.3 Å². The van der Waals surface area contributed by atoms with Crippen molar-refractivity contribution in [1.82, 2.24) is 24.6 Å². The first kappa shape index (κ1) is 20.1. The number of anilines is 2. The number of para-hydroxylation sites is 1. The molecule has 32 heavy (non-hydrogen) atoms. The first-order valence-electron chi connectivity index (χ1n) is 10.7. The van der Waals surface area contributed by atoms with Crippen molar-refractivity contribution < 1.29 is 4.79 Å². The lowest BCUT2D eigenvalue weighted by Gasteiger charge is -2.35. The van der Waals surface area contributed by atoms with Gasteiger partial charge in [0.15, 0.2) is 5.65 Å². The second-order valence-electron chi connectivity index (χ2n) is 7.98. The zero-order valence-corrected chi connectivity index (χ0v) is 18.0. The van der Waals surface area contributed by atoms with Gasteiger partial charge in [0.25, 0.3) is 5.91 Å². The predicted octanol–water partition coefficient (Wildman–Crippen LogP) is 2.94. The van der Waals surface area contributed by atoms with Crippen LogP contribution in [0.1, 0.15) is 15.9 Å². The van der Waals surface area contributed by atoms with Gasteiger partial charge in [-0.05, 0) is 29.8 Å². The van der Waals surface area contributed by atoms with E-state index in [1.54, 1.807) is 11.0 Å². The highest BCUT2D eigenvalue weighted by molar-refractivity contribution is 6.04. The average molecular weight is 428 g/mol. The topological polar surface area (TPSA) is 79.2 Å². The Kier molecular flexibility index (Phi) is 5.51. The van der Waals surface area contributed by atoms with E-state index in [-0.39, 0.29) is 5.91 Å². The maximum absolute atomic E-state index is 12.4. The number of nitrogens with one attached hydrogen (secondary N) is 1. The van der Waals surface area contributed by atoms with Crippen LogP contribution < -0.4 is 10.2 Å². The molecule has 8 nitrogen and oxygen atoms in total. The van der Waals surface area contributed by atoms with Crippen LogP contribution in [0.5, 0.6) is 0 Å². The average Bonchev–Trinajstić information content (AvgIpc) is 3.22. The summed E-state index contributed by atoms with van der Waals surface area (Å²) in [5, 5.41) is 8.23. The third kappa shape index (κ3) is 4.17. The maximum atomic E-state index is 12.4. The monoisotopic (exact) mass is 427 g/mol. The molecule has 0 aliphatic carbocycles. The van der Waals surface area contributed by atoms with Crippen molar-refractivity contribution in [3.63, 3.8) is 0 Å². The van der Waals surface area contributed by atoms with Gasteiger partial charge in [-0.2, -0.15) is 5.10 Å². The maximum Gasteiger partial charge on any atom is 0.255 e. The molecule has 0 spiro atoms. The van der Waals surface area contributed by atoms with E-state index in [2.05, 4.69) is 30.2 Å². The van der Waals surface area contributed by atoms with Crippen LogP contribution in [0.15, 0.2) is 67.1 Å². The van der Waals surface area contributed by atoms with Crippen LogP contribution in [0.4, 0.5) is 11.5 Å². The molecule has 1 amide bonds. The summed E-state index contributed by atoms with van der Waals surface area (Å²) < 4.78 is 1.78. The summed E-state index contributed by atoms with van der Waals surface area (Å²) >= 11 is 0. The van der Waals surface area contributed by atoms with Crippen LogP contribution in [0.2, 0.25) is 0 Å². The first-order valence-corrected chi connectivity index (χ1v) is 10.7. The molecule has 0 bridgehead atoms. The van der Waals surface area contributed by atoms with Crippen LogP contribution in [0.25, 0.3) is 11.0 Å². The molecular weight excluding hydrogens is 402 g/mol. The zero-order valence-electron chi connectivity index (χ0n) is 18.0. The van der Waals surface area contributed by atoms with Crippen LogP contribution >= 0.6 is 0 Å². The minimum atomic E-state index is -0.0945. The Morgan fingerprint density at radius 1 is 0.969 bits per heavy atom. The summed E-state index contributed by atoms with van der Waals surface area (Å²) in [6.45, 7) is 4.56. The molecule has 162 valence electrons. The van der Waals surface area contributed by atoms with E-state index in [0.717, 1.165) is 55.3 Å². The molecule has 0 atom stereocenters. The van der Waals surface area contributed by atoms with Gasteiger partial charge in [0.1, 0.15) is 12.1 Å². The van der Waals surface area contributed by atoms with Gasteiger partial charge < -0.3 is 10.2 Å². The SMILES string of the molecule is Cn1ncc2c(N3CCN(Cc4ccc(C(=O)Nc5ccccc5)cc4)CC3)ncnc21. The number of benzene rings is 2. The molecule has 0 unspecified atom stereocenters. The molecule has 1 aliphatic rings. The van der Waals surface area contributed by atoms with Gasteiger partial charge >= 0.3 is 0 Å². The van der Waals surface area contributed by atoms with Crippen molar-refractivity contribution in [1.29, 1.82) is 0 Å². The number of nitrogens with zero attached hydrogens (tertiary/aromatic N) is 6. The lowest BCUT2D eigenvalue weighted by molar-refractivity contribution is 0.102. The fraction of sp³-hybridized carbons (Fsp3) is 0.250. The fourth-order valence-electron chi connectivity index (χ4n) is 4.06. The summed E-state index contributed by atoms with van der Waals surface area (Å²) in [7, 11) is 1.90. The zero-order chi connectivity index (χ0) is 21.9. The molecule has 2 aromatic carbocycles. The number of carbonyl (C=O) groups is 1. The number of amides is 1. The van der Waals surface area contributed by atoms with E-state index in [9.17, 15) is 4.79 Å². The van der Waals surface area contributed by atoms with Gasteiger partial charge in [-0.25, -0.2) is 9.97 Å². The summed E-state index contributed by atoms with van der Waals surface area (Å²) in [4.78, 5) is 26.0. The molecule has 8 heteroatoms. The van der Waals surface area contributed by atoms with Gasteiger partial charge in [-0.15, -0.1) is 0 Å². The van der Waals surface area contributed by atoms with Crippen molar-refractivity contribution in [2.75, 3.05) is 36.4 Å². The number of piperazine rings is 1. The number of carbonyl (C=O) groups excluding carboxylic acids is 1. The summed E-state index contributed by atoms with van der Waals surface area (Å²) in [6, 6.07) is 17.4. The van der Waals surface area contributed by atoms with E-state index in [1.807, 2.05) is 67.8 Å². The van der Waals surface area contributed by atoms with Gasteiger partial charge in [0.2, 0.25) is 0 Å². The Hall–Kier alpha value is -3.78. The van der Waals surface area contributed by atoms with Crippen LogP contribution in [0.3, 0.4) is 0 Å². The number of hydrogen-bond donors (Lipinski definition) is 1. The van der Waals surface area contributed by atoms with E-state index in [0.29, 0.717) is 5.56 Å². The minimum Gasteiger partial charge on any atom is -0.353 e. The minimum absolute atomic E-state index is 0.0945. The van der Waals surface area contributed by atoms with Gasteiger partial charge in [0, 0.05) is 51.0 Å². The summed E-state index contributed by atoms with van der Waals surface area (Å²) in [5.41, 5.74) is 3.51. The second-order valence-corrected chi connectivity index (χ2v) is 7.98. The normalized spacial score (nSPS) is 14.6. The Bertz CT molecular complexity index is 1210. The Balaban J connectivity index is 1.18. The summed E-state index contributed by atoms with van der Waals surface area (Å²) in [6.07, 6.45) is 3.45. The molecule has 1 N–H and O–H groups in total. The van der Waals surface area contributed by atoms with E-state index >= 15 is 0 Å². The molecule has 1 saturated heterocycles. The van der Waals surface area contributed by atoms with Crippen molar-refractivity contribution in [2.24, 2.45) is 7.05 Å². The van der Waals surface area contributed by atoms with E-state index < -0.39 is 0 Å². The predicted molar refractivity (Wildman–Crippen MR) is 125 cm³/mol. The third-order valence-corrected chi connectivity index (χ3v) is 5.83. The number of fused-ring (bicyclic) bond motifs is 1. The van der Waals surface area contributed by atoms with Crippen molar-refractivity contribution in [2.45, 2.75) is 6.54 Å². The molecule has 4 aromatic rings. The highest BCUT2D eigenvalue weighted by Crippen LogP contribution is 2.23. The number of hydrogen-bond acceptors (Lipinski definition) is 6. The Labute approximate surface area is 186 Å². The smallest absolute Gasteiger partial charge is 0.255 e. The van der Waals surface area contributed by atoms with E-state index in [4.69, 9.17) is 0 Å². The number of aromatic nitrogens is 4. The highest BCUT2D eigenvalue weighted by Gasteiger charge is 2.21. The van der Waals surface area contributed by atoms with Crippen molar-refractivity contribution in [3.8, 4) is 0 Å². The van der Waals surface area contributed by atoms with Crippen LogP contribution in [-0.4, -0.2) is 56.7 Å². The molecule has 1 fully saturated rings. The third-order valence-electron chi connectivity index (χ3n) is 5.83. The molecule has 2 aromatic heterocycles. The molecule has 1 aliphatic heterocycles. The molecule has 0 radical (unpaired) electrons. The molecule has 0 saturated carbocycles. The fourth-order valence-corrected chi connectivity index (χ4v) is 4.06.